The van der Waals surface area contributed by atoms with Crippen LogP contribution in [0.5, 0.6) is 0 Å². The second-order valence-electron chi connectivity index (χ2n) is 13.9. The normalized spacial score (nSPS) is 11.0. The molecule has 0 N–H and O–H groups in total. The Kier molecular flexibility index (Phi) is 12.7. The van der Waals surface area contributed by atoms with E-state index in [9.17, 15) is 0 Å². The van der Waals surface area contributed by atoms with E-state index in [2.05, 4.69) is 156 Å². The summed E-state index contributed by atoms with van der Waals surface area (Å²) in [7, 11) is 0. The summed E-state index contributed by atoms with van der Waals surface area (Å²) < 4.78 is 0. The van der Waals surface area contributed by atoms with Gasteiger partial charge in [0.1, 0.15) is 0 Å². The Morgan fingerprint density at radius 2 is 0.492 bits per heavy atom. The van der Waals surface area contributed by atoms with Crippen molar-refractivity contribution in [1.82, 2.24) is 29.9 Å². The quantitative estimate of drug-likeness (QED) is 0.164. The number of fused-ring (bicyclic) bond motifs is 8. The van der Waals surface area contributed by atoms with Crippen LogP contribution in [0.3, 0.4) is 0 Å². The molecule has 0 atom stereocenters. The van der Waals surface area contributed by atoms with Gasteiger partial charge in [-0.2, -0.15) is 0 Å². The smallest absolute Gasteiger partial charge is 0.657 e. The first-order valence-electron chi connectivity index (χ1n) is 19.8. The number of nitrogens with zero attached hydrogens (tertiary/aromatic N) is 6. The van der Waals surface area contributed by atoms with E-state index in [-0.39, 0.29) is 17.1 Å². The van der Waals surface area contributed by atoms with Crippen molar-refractivity contribution in [1.29, 1.82) is 0 Å². The van der Waals surface area contributed by atoms with Crippen molar-refractivity contribution >= 4 is 46.4 Å². The van der Waals surface area contributed by atoms with Crippen LogP contribution >= 0.6 is 0 Å². The van der Waals surface area contributed by atoms with Gasteiger partial charge < -0.3 is 9.97 Å². The molecule has 0 unspecified atom stereocenters. The van der Waals surface area contributed by atoms with E-state index >= 15 is 0 Å². The first-order chi connectivity index (χ1) is 29.8. The van der Waals surface area contributed by atoms with Gasteiger partial charge >= 0.3 is 17.1 Å². The second-order valence-corrected chi connectivity index (χ2v) is 13.9. The number of aromatic nitrogens is 6. The summed E-state index contributed by atoms with van der Waals surface area (Å²) in [6, 6.07) is 61.4. The fourth-order valence-corrected chi connectivity index (χ4v) is 7.31. The third-order valence-electron chi connectivity index (χ3n) is 9.99. The fraction of sp³-hybridized carbons (Fsp3) is 0. The predicted octanol–water partition coefficient (Wildman–Crippen LogP) is 12.7. The van der Waals surface area contributed by atoms with Crippen LogP contribution in [0.1, 0.15) is 22.8 Å². The van der Waals surface area contributed by atoms with Gasteiger partial charge in [-0.1, -0.05) is 158 Å². The van der Waals surface area contributed by atoms with Crippen molar-refractivity contribution in [2.75, 3.05) is 0 Å². The van der Waals surface area contributed by atoms with Gasteiger partial charge in [0.2, 0.25) is 0 Å². The zero-order valence-electron chi connectivity index (χ0n) is 33.0. The van der Waals surface area contributed by atoms with Crippen molar-refractivity contribution in [3.05, 3.63) is 230 Å². The molecular formula is C54H38FeN6. The maximum absolute atomic E-state index is 5.31. The summed E-state index contributed by atoms with van der Waals surface area (Å²) in [6.07, 6.45) is 15.4. The fourth-order valence-electron chi connectivity index (χ4n) is 7.31. The van der Waals surface area contributed by atoms with Crippen molar-refractivity contribution < 1.29 is 17.1 Å². The predicted molar refractivity (Wildman–Crippen MR) is 247 cm³/mol. The first kappa shape index (κ1) is 40.1. The molecule has 0 fully saturated rings. The number of rotatable bonds is 4. The number of benzene rings is 4. The van der Waals surface area contributed by atoms with E-state index < -0.39 is 0 Å². The second kappa shape index (κ2) is 19.4. The Balaban J connectivity index is 0.000000342. The summed E-state index contributed by atoms with van der Waals surface area (Å²) in [5, 5.41) is 0. The van der Waals surface area contributed by atoms with Crippen LogP contribution in [0, 0.1) is 0 Å². The monoisotopic (exact) mass is 826 g/mol. The average molecular weight is 827 g/mol. The molecule has 292 valence electrons. The number of pyridine rings is 2. The third kappa shape index (κ3) is 9.14. The molecule has 0 amide bonds. The molecule has 8 bridgehead atoms. The minimum atomic E-state index is 0. The third-order valence-corrected chi connectivity index (χ3v) is 9.99. The van der Waals surface area contributed by atoms with E-state index in [1.807, 2.05) is 60.7 Å². The van der Waals surface area contributed by atoms with E-state index in [1.165, 1.54) is 0 Å². The Morgan fingerprint density at radius 1 is 0.262 bits per heavy atom. The Bertz CT molecular complexity index is 2620. The largest absolute Gasteiger partial charge is 2.00 e. The van der Waals surface area contributed by atoms with Crippen LogP contribution in [0.2, 0.25) is 0 Å². The van der Waals surface area contributed by atoms with Gasteiger partial charge in [-0.3, -0.25) is 9.97 Å². The van der Waals surface area contributed by atoms with Crippen molar-refractivity contribution in [3.63, 3.8) is 0 Å². The molecule has 0 saturated carbocycles. The zero-order valence-corrected chi connectivity index (χ0v) is 34.1. The molecule has 11 rings (SSSR count). The van der Waals surface area contributed by atoms with Crippen LogP contribution in [0.4, 0.5) is 0 Å². The molecule has 0 radical (unpaired) electrons. The van der Waals surface area contributed by atoms with Gasteiger partial charge in [0.25, 0.3) is 0 Å². The molecule has 0 saturated heterocycles. The van der Waals surface area contributed by atoms with Crippen molar-refractivity contribution in [3.8, 4) is 44.5 Å². The Hall–Kier alpha value is -7.70. The number of hydrogen-bond acceptors (Lipinski definition) is 4. The van der Waals surface area contributed by atoms with Crippen LogP contribution in [0.15, 0.2) is 207 Å². The Morgan fingerprint density at radius 3 is 0.689 bits per heavy atom. The van der Waals surface area contributed by atoms with E-state index in [0.717, 1.165) is 89.4 Å². The molecule has 6 nitrogen and oxygen atoms in total. The summed E-state index contributed by atoms with van der Waals surface area (Å²) >= 11 is 0. The first-order valence-corrected chi connectivity index (χ1v) is 19.8. The van der Waals surface area contributed by atoms with Gasteiger partial charge in [-0.05, 0) is 93.1 Å². The van der Waals surface area contributed by atoms with Crippen molar-refractivity contribution in [2.24, 2.45) is 0 Å². The van der Waals surface area contributed by atoms with Gasteiger partial charge in [0.05, 0.1) is 22.8 Å². The van der Waals surface area contributed by atoms with E-state index in [1.54, 1.807) is 24.8 Å². The van der Waals surface area contributed by atoms with Crippen LogP contribution in [-0.4, -0.2) is 19.9 Å². The standard InChI is InChI=1S/C44H28N4.2C5H5N.Fe/c1-5-13-29(14-6-1)41-33-21-23-35(45-33)42(30-15-7-2-8-16-30)37-25-27-39(47-37)44(32-19-11-4-12-20-32)40-28-26-38(48-40)43(31-17-9-3-10-18-31)36-24-22-34(41)46-36;2*1-2-4-6-5-3-1;/h1-28H;2*1-5H;/q-2;;;+2. The van der Waals surface area contributed by atoms with Crippen LogP contribution < -0.4 is 9.97 Å². The molecule has 2 aliphatic heterocycles. The van der Waals surface area contributed by atoms with Crippen LogP contribution in [-0.2, 0) is 17.1 Å². The van der Waals surface area contributed by atoms with Gasteiger partial charge in [0, 0.05) is 24.8 Å². The Labute approximate surface area is 365 Å². The SMILES string of the molecule is C1=Cc2nc1c(-c1ccccc1)c1ccc([n-]1)c(-c1ccccc1)c1nc(c(-c3ccccc3)c3ccc([n-]3)c2-c2ccccc2)C=C1.[Fe+2].c1ccncc1.c1ccncc1. The molecule has 9 aromatic rings. The minimum Gasteiger partial charge on any atom is -0.657 e. The summed E-state index contributed by atoms with van der Waals surface area (Å²) in [5.74, 6) is 0. The molecule has 7 heteroatoms. The van der Waals surface area contributed by atoms with Gasteiger partial charge in [-0.25, -0.2) is 9.97 Å². The molecule has 0 spiro atoms. The topological polar surface area (TPSA) is 79.8 Å². The van der Waals surface area contributed by atoms with Gasteiger partial charge in [-0.15, -0.1) is 22.1 Å². The maximum Gasteiger partial charge on any atom is 2.00 e. The molecule has 2 aliphatic rings. The molecule has 5 aromatic heterocycles. The molecule has 61 heavy (non-hydrogen) atoms. The van der Waals surface area contributed by atoms with E-state index in [0.29, 0.717) is 0 Å². The maximum atomic E-state index is 5.31. The van der Waals surface area contributed by atoms with Gasteiger partial charge in [0.15, 0.2) is 0 Å². The zero-order chi connectivity index (χ0) is 40.4. The van der Waals surface area contributed by atoms with Crippen LogP contribution in [0.25, 0.3) is 90.9 Å². The molecule has 0 aliphatic carbocycles. The number of hydrogen-bond donors (Lipinski definition) is 0. The minimum absolute atomic E-state index is 0. The average Bonchev–Trinajstić information content (AvgIpc) is 4.18. The summed E-state index contributed by atoms with van der Waals surface area (Å²) in [6.45, 7) is 0. The van der Waals surface area contributed by atoms with Crippen molar-refractivity contribution in [2.45, 2.75) is 0 Å². The molecule has 7 heterocycles. The summed E-state index contributed by atoms with van der Waals surface area (Å²) in [5.41, 5.74) is 15.0. The van der Waals surface area contributed by atoms with E-state index in [4.69, 9.17) is 19.9 Å². The molecular weight excluding hydrogens is 788 g/mol. The molecule has 4 aromatic carbocycles. The summed E-state index contributed by atoms with van der Waals surface area (Å²) in [4.78, 5) is 28.8.